The topological polar surface area (TPSA) is 97.4 Å². The number of amides is 2. The summed E-state index contributed by atoms with van der Waals surface area (Å²) in [6.45, 7) is 12.6. The Morgan fingerprint density at radius 3 is 2.52 bits per heavy atom. The third kappa shape index (κ3) is 7.48. The number of methoxy groups -OCH3 is 1. The monoisotopic (exact) mass is 633 g/mol. The lowest BCUT2D eigenvalue weighted by atomic mass is 9.87. The van der Waals surface area contributed by atoms with Gasteiger partial charge < -0.3 is 29.3 Å². The lowest BCUT2D eigenvalue weighted by molar-refractivity contribution is -0.132. The van der Waals surface area contributed by atoms with Gasteiger partial charge in [0.15, 0.2) is 5.60 Å². The highest BCUT2D eigenvalue weighted by Crippen LogP contribution is 2.43. The molecule has 2 aromatic rings. The van der Waals surface area contributed by atoms with Gasteiger partial charge in [-0.1, -0.05) is 31.2 Å². The van der Waals surface area contributed by atoms with Crippen LogP contribution >= 0.6 is 0 Å². The Morgan fingerprint density at radius 1 is 1.11 bits per heavy atom. The van der Waals surface area contributed by atoms with Crippen LogP contribution in [0.2, 0.25) is 0 Å². The summed E-state index contributed by atoms with van der Waals surface area (Å²) in [5, 5.41) is 3.26. The summed E-state index contributed by atoms with van der Waals surface area (Å²) in [5.41, 5.74) is 3.45. The number of piperidine rings is 1. The van der Waals surface area contributed by atoms with Crippen molar-refractivity contribution in [3.8, 4) is 5.75 Å². The molecule has 9 nitrogen and oxygen atoms in total. The van der Waals surface area contributed by atoms with Crippen LogP contribution in [0.4, 0.5) is 11.4 Å². The van der Waals surface area contributed by atoms with Gasteiger partial charge in [0.2, 0.25) is 5.91 Å². The first-order valence-corrected chi connectivity index (χ1v) is 16.9. The first-order valence-electron chi connectivity index (χ1n) is 16.9. The molecule has 2 heterocycles. The van der Waals surface area contributed by atoms with E-state index in [0.29, 0.717) is 62.5 Å². The molecule has 4 aliphatic rings. The van der Waals surface area contributed by atoms with E-state index >= 15 is 0 Å². The molecule has 1 N–H and O–H groups in total. The molecule has 46 heavy (non-hydrogen) atoms. The Morgan fingerprint density at radius 2 is 1.85 bits per heavy atom. The van der Waals surface area contributed by atoms with Crippen LogP contribution in [0.1, 0.15) is 77.3 Å². The van der Waals surface area contributed by atoms with Gasteiger partial charge in [-0.25, -0.2) is 0 Å². The summed E-state index contributed by atoms with van der Waals surface area (Å²) in [6, 6.07) is 14.5. The number of Topliss-reactive ketones (excluding diaryl/α,β-unsaturated/α-hetero) is 1. The summed E-state index contributed by atoms with van der Waals surface area (Å²) in [4.78, 5) is 42.3. The molecule has 250 valence electrons. The third-order valence-electron chi connectivity index (χ3n) is 9.70. The van der Waals surface area contributed by atoms with E-state index in [1.807, 2.05) is 23.1 Å². The van der Waals surface area contributed by atoms with E-state index in [-0.39, 0.29) is 35.5 Å². The van der Waals surface area contributed by atoms with Crippen LogP contribution in [0.15, 0.2) is 42.5 Å². The van der Waals surface area contributed by atoms with Crippen LogP contribution < -0.4 is 19.9 Å². The number of anilines is 2. The van der Waals surface area contributed by atoms with E-state index in [1.54, 1.807) is 32.8 Å². The molecule has 2 amide bonds. The maximum atomic E-state index is 13.6. The number of fused-ring (bicyclic) bond motifs is 2. The van der Waals surface area contributed by atoms with E-state index in [0.717, 1.165) is 31.6 Å². The molecular formula is C37H51N3O6. The number of benzene rings is 2. The lowest BCUT2D eigenvalue weighted by Gasteiger charge is -2.39. The second kappa shape index (κ2) is 14.7. The minimum absolute atomic E-state index is 0.0465. The van der Waals surface area contributed by atoms with Gasteiger partial charge in [0.25, 0.3) is 5.91 Å². The van der Waals surface area contributed by atoms with Crippen molar-refractivity contribution in [2.24, 2.45) is 11.8 Å². The zero-order chi connectivity index (χ0) is 33.0. The fourth-order valence-corrected chi connectivity index (χ4v) is 6.96. The molecule has 6 rings (SSSR count). The van der Waals surface area contributed by atoms with Crippen molar-refractivity contribution in [3.63, 3.8) is 0 Å². The molecule has 0 spiro atoms. The zero-order valence-electron chi connectivity index (χ0n) is 28.3. The highest BCUT2D eigenvalue weighted by atomic mass is 16.5. The summed E-state index contributed by atoms with van der Waals surface area (Å²) >= 11 is 0. The SMILES string of the molecule is CCOC1Cc2ccccc2C1C.COCCCN1C(=O)C(C)(C)Oc2ccc(N(C(=O)[C@H]3CNC[C@@H](C(C)=O)C3)C3CC3)cc21. The molecule has 4 atom stereocenters. The number of ether oxygens (including phenoxy) is 3. The van der Waals surface area contributed by atoms with Gasteiger partial charge in [-0.15, -0.1) is 0 Å². The Kier molecular flexibility index (Phi) is 10.9. The fourth-order valence-electron chi connectivity index (χ4n) is 6.96. The van der Waals surface area contributed by atoms with Crippen LogP contribution in [0.25, 0.3) is 0 Å². The van der Waals surface area contributed by atoms with Crippen molar-refractivity contribution in [1.29, 1.82) is 0 Å². The summed E-state index contributed by atoms with van der Waals surface area (Å²) in [5.74, 6) is 0.909. The summed E-state index contributed by atoms with van der Waals surface area (Å²) < 4.78 is 16.9. The Balaban J connectivity index is 0.000000266. The van der Waals surface area contributed by atoms with Crippen LogP contribution in [0.3, 0.4) is 0 Å². The van der Waals surface area contributed by atoms with E-state index in [9.17, 15) is 14.4 Å². The minimum Gasteiger partial charge on any atom is -0.476 e. The molecule has 0 radical (unpaired) electrons. The number of nitrogens with one attached hydrogen (secondary N) is 1. The lowest BCUT2D eigenvalue weighted by Crippen LogP contribution is -2.53. The van der Waals surface area contributed by atoms with E-state index in [4.69, 9.17) is 14.2 Å². The molecule has 1 saturated carbocycles. The van der Waals surface area contributed by atoms with Gasteiger partial charge >= 0.3 is 0 Å². The molecule has 1 saturated heterocycles. The van der Waals surface area contributed by atoms with Gasteiger partial charge in [0.1, 0.15) is 11.5 Å². The highest BCUT2D eigenvalue weighted by molar-refractivity contribution is 6.04. The summed E-state index contributed by atoms with van der Waals surface area (Å²) in [6.07, 6.45) is 4.69. The van der Waals surface area contributed by atoms with Crippen molar-refractivity contribution in [3.05, 3.63) is 53.6 Å². The minimum atomic E-state index is -0.955. The average molecular weight is 634 g/mol. The van der Waals surface area contributed by atoms with Crippen LogP contribution in [-0.4, -0.2) is 75.3 Å². The average Bonchev–Trinajstić information content (AvgIpc) is 3.83. The number of ketones is 1. The van der Waals surface area contributed by atoms with Gasteiger partial charge in [-0.3, -0.25) is 14.4 Å². The van der Waals surface area contributed by atoms with Crippen molar-refractivity contribution in [1.82, 2.24) is 5.32 Å². The first-order chi connectivity index (χ1) is 22.1. The number of carbonyl (C=O) groups excluding carboxylic acids is 3. The van der Waals surface area contributed by atoms with Gasteiger partial charge in [-0.05, 0) is 89.1 Å². The van der Waals surface area contributed by atoms with E-state index in [1.165, 1.54) is 11.1 Å². The predicted molar refractivity (Wildman–Crippen MR) is 180 cm³/mol. The maximum Gasteiger partial charge on any atom is 0.270 e. The second-order valence-corrected chi connectivity index (χ2v) is 13.6. The molecule has 0 aromatic heterocycles. The van der Waals surface area contributed by atoms with Crippen molar-refractivity contribution < 1.29 is 28.6 Å². The molecule has 2 aromatic carbocycles. The number of carbonyl (C=O) groups is 3. The quantitative estimate of drug-likeness (QED) is 0.355. The van der Waals surface area contributed by atoms with Crippen LogP contribution in [0, 0.1) is 11.8 Å². The molecule has 9 heteroatoms. The van der Waals surface area contributed by atoms with Crippen LogP contribution in [0.5, 0.6) is 5.75 Å². The third-order valence-corrected chi connectivity index (χ3v) is 9.70. The molecule has 2 aliphatic heterocycles. The molecule has 2 aliphatic carbocycles. The number of nitrogens with zero attached hydrogens (tertiary/aromatic N) is 2. The van der Waals surface area contributed by atoms with Gasteiger partial charge in [0.05, 0.1) is 17.7 Å². The number of hydrogen-bond donors (Lipinski definition) is 1. The van der Waals surface area contributed by atoms with Crippen molar-refractivity contribution >= 4 is 29.0 Å². The summed E-state index contributed by atoms with van der Waals surface area (Å²) in [7, 11) is 1.65. The Hall–Kier alpha value is -3.27. The molecular weight excluding hydrogens is 582 g/mol. The Labute approximate surface area is 273 Å². The van der Waals surface area contributed by atoms with E-state index in [2.05, 4.69) is 43.4 Å². The van der Waals surface area contributed by atoms with Gasteiger partial charge in [-0.2, -0.15) is 0 Å². The maximum absolute atomic E-state index is 13.6. The number of hydrogen-bond acceptors (Lipinski definition) is 7. The highest BCUT2D eigenvalue weighted by Gasteiger charge is 2.43. The molecule has 0 bridgehead atoms. The second-order valence-electron chi connectivity index (χ2n) is 13.6. The fraction of sp³-hybridized carbons (Fsp3) is 0.595. The largest absolute Gasteiger partial charge is 0.476 e. The molecule has 2 fully saturated rings. The standard InChI is InChI=1S/C25H35N3O5.C12H16O/c1-16(29)17-12-18(15-26-14-17)23(30)28(19-6-7-19)20-8-9-22-21(13-20)27(10-5-11-32-4)24(31)25(2,3)33-22;1-3-13-12-8-10-6-4-5-7-11(10)9(12)2/h8-9,13,17-19,26H,5-7,10-12,14-15H2,1-4H3;4-7,9,12H,3,8H2,1-2H3/t17-,18+;/m0./s1. The van der Waals surface area contributed by atoms with Crippen LogP contribution in [-0.2, 0) is 30.3 Å². The van der Waals surface area contributed by atoms with E-state index < -0.39 is 5.60 Å². The van der Waals surface area contributed by atoms with Crippen molar-refractivity contribution in [2.75, 3.05) is 49.8 Å². The Bertz CT molecular complexity index is 1410. The predicted octanol–water partition coefficient (Wildman–Crippen LogP) is 5.29. The normalized spacial score (nSPS) is 24.7. The zero-order valence-corrected chi connectivity index (χ0v) is 28.3. The molecule has 2 unspecified atom stereocenters. The number of rotatable bonds is 10. The van der Waals surface area contributed by atoms with Crippen molar-refractivity contribution in [2.45, 2.75) is 90.4 Å². The van der Waals surface area contributed by atoms with Gasteiger partial charge in [0, 0.05) is 63.5 Å². The first kappa shape index (κ1) is 34.1. The smallest absolute Gasteiger partial charge is 0.270 e.